The van der Waals surface area contributed by atoms with E-state index < -0.39 is 23.3 Å². The van der Waals surface area contributed by atoms with Crippen LogP contribution >= 0.6 is 0 Å². The number of rotatable bonds is 12. The molecule has 0 bridgehead atoms. The molecule has 2 aromatic heterocycles. The number of aryl methyl sites for hydroxylation is 2. The van der Waals surface area contributed by atoms with Crippen LogP contribution in [0, 0.1) is 23.3 Å². The van der Waals surface area contributed by atoms with Crippen LogP contribution < -0.4 is 9.13 Å². The molecule has 0 aliphatic carbocycles. The third kappa shape index (κ3) is 8.19. The van der Waals surface area contributed by atoms with Gasteiger partial charge in [0.1, 0.15) is 36.5 Å². The highest BCUT2D eigenvalue weighted by molar-refractivity contribution is 5.78. The van der Waals surface area contributed by atoms with Crippen molar-refractivity contribution < 1.29 is 36.4 Å². The molecule has 4 rings (SSSR count). The molecule has 2 heterocycles. The molecule has 0 unspecified atom stereocenters. The van der Waals surface area contributed by atoms with E-state index >= 15 is 0 Å². The van der Waals surface area contributed by atoms with E-state index in [-0.39, 0.29) is 24.3 Å². The number of halogens is 4. The van der Waals surface area contributed by atoms with Gasteiger partial charge in [-0.15, -0.1) is 0 Å². The average Bonchev–Trinajstić information content (AvgIpc) is 2.93. The predicted molar refractivity (Wildman–Crippen MR) is 135 cm³/mol. The summed E-state index contributed by atoms with van der Waals surface area (Å²) in [6.45, 7) is 0.990. The Labute approximate surface area is 223 Å². The second-order valence-corrected chi connectivity index (χ2v) is 8.51. The van der Waals surface area contributed by atoms with Gasteiger partial charge in [-0.25, -0.2) is 26.7 Å². The number of aromatic nitrogens is 2. The van der Waals surface area contributed by atoms with Crippen LogP contribution in [-0.2, 0) is 36.0 Å². The van der Waals surface area contributed by atoms with Gasteiger partial charge in [-0.3, -0.25) is 0 Å². The fourth-order valence-electron chi connectivity index (χ4n) is 3.58. The molecule has 39 heavy (non-hydrogen) atoms. The third-order valence-electron chi connectivity index (χ3n) is 5.76. The van der Waals surface area contributed by atoms with Gasteiger partial charge in [0, 0.05) is 35.4 Å². The van der Waals surface area contributed by atoms with Crippen molar-refractivity contribution in [3.05, 3.63) is 131 Å². The van der Waals surface area contributed by atoms with Crippen LogP contribution in [0.5, 0.6) is 0 Å². The van der Waals surface area contributed by atoms with Crippen molar-refractivity contribution in [1.82, 2.24) is 0 Å². The van der Waals surface area contributed by atoms with Crippen molar-refractivity contribution in [2.24, 2.45) is 10.3 Å². The average molecular weight is 539 g/mol. The van der Waals surface area contributed by atoms with E-state index in [0.717, 1.165) is 30.6 Å². The number of oxime groups is 2. The van der Waals surface area contributed by atoms with Gasteiger partial charge in [-0.05, 0) is 24.3 Å². The van der Waals surface area contributed by atoms with Crippen LogP contribution in [0.3, 0.4) is 0 Å². The minimum absolute atomic E-state index is 0.162. The smallest absolute Gasteiger partial charge is 0.169 e. The maximum Gasteiger partial charge on any atom is 0.169 e. The summed E-state index contributed by atoms with van der Waals surface area (Å²) in [5, 5.41) is 7.57. The molecule has 4 aromatic rings. The Morgan fingerprint density at radius 3 is 1.28 bits per heavy atom. The van der Waals surface area contributed by atoms with E-state index in [2.05, 4.69) is 10.3 Å². The van der Waals surface area contributed by atoms with Gasteiger partial charge in [0.25, 0.3) is 0 Å². The molecular weight excluding hydrogens is 512 g/mol. The molecule has 0 saturated carbocycles. The highest BCUT2D eigenvalue weighted by Crippen LogP contribution is 2.14. The van der Waals surface area contributed by atoms with E-state index in [1.54, 1.807) is 0 Å². The van der Waals surface area contributed by atoms with E-state index in [9.17, 15) is 17.6 Å². The number of nitrogens with zero attached hydrogens (tertiary/aromatic N) is 4. The van der Waals surface area contributed by atoms with Gasteiger partial charge in [0.2, 0.25) is 0 Å². The zero-order chi connectivity index (χ0) is 27.5. The Morgan fingerprint density at radius 2 is 0.923 bits per heavy atom. The highest BCUT2D eigenvalue weighted by atomic mass is 19.1. The van der Waals surface area contributed by atoms with Crippen molar-refractivity contribution in [2.75, 3.05) is 0 Å². The zero-order valence-corrected chi connectivity index (χ0v) is 20.9. The van der Waals surface area contributed by atoms with Crippen molar-refractivity contribution in [2.45, 2.75) is 32.7 Å². The van der Waals surface area contributed by atoms with Crippen molar-refractivity contribution in [3.63, 3.8) is 0 Å². The Kier molecular flexibility index (Phi) is 9.71. The molecule has 0 aliphatic heterocycles. The molecule has 6 nitrogen and oxygen atoms in total. The van der Waals surface area contributed by atoms with E-state index in [4.69, 9.17) is 9.68 Å². The van der Waals surface area contributed by atoms with Crippen molar-refractivity contribution >= 4 is 12.4 Å². The SMILES string of the molecule is Fc1cccc(F)c1CO/N=C/c1cc[n+](CCC[n+]2ccc(/C=N/OCc3c(F)cccc3F)cc2)cc1. The molecule has 0 spiro atoms. The number of hydrogen-bond donors (Lipinski definition) is 0. The summed E-state index contributed by atoms with van der Waals surface area (Å²) >= 11 is 0. The van der Waals surface area contributed by atoms with Crippen molar-refractivity contribution in [3.8, 4) is 0 Å². The molecule has 10 heteroatoms. The first-order valence-corrected chi connectivity index (χ1v) is 12.1. The normalized spacial score (nSPS) is 11.4. The first kappa shape index (κ1) is 27.4. The molecular formula is C29H26F4N4O2+2. The fraction of sp³-hybridized carbons (Fsp3) is 0.172. The lowest BCUT2D eigenvalue weighted by Gasteiger charge is -2.03. The standard InChI is InChI=1S/C29H26F4N4O2/c30-26-4-1-5-27(31)24(26)20-38-34-18-22-8-14-36(15-9-22)12-3-13-37-16-10-23(11-17-37)19-35-39-21-25-28(32)6-2-7-29(25)33/h1-2,4-11,14-19H,3,12-13,20-21H2/q+2/b34-18+,35-19+. The van der Waals surface area contributed by atoms with Gasteiger partial charge in [0.15, 0.2) is 37.9 Å². The van der Waals surface area contributed by atoms with Crippen LogP contribution in [0.2, 0.25) is 0 Å². The van der Waals surface area contributed by atoms with Gasteiger partial charge < -0.3 is 9.68 Å². The zero-order valence-electron chi connectivity index (χ0n) is 20.9. The lowest BCUT2D eigenvalue weighted by Crippen LogP contribution is -2.38. The van der Waals surface area contributed by atoms with Crippen LogP contribution in [0.25, 0.3) is 0 Å². The molecule has 2 aromatic carbocycles. The van der Waals surface area contributed by atoms with Gasteiger partial charge in [0.05, 0.1) is 30.0 Å². The van der Waals surface area contributed by atoms with Crippen LogP contribution in [0.15, 0.2) is 95.8 Å². The summed E-state index contributed by atoms with van der Waals surface area (Å²) in [5.74, 6) is -2.68. The van der Waals surface area contributed by atoms with Gasteiger partial charge in [-0.1, -0.05) is 22.4 Å². The lowest BCUT2D eigenvalue weighted by atomic mass is 10.2. The second-order valence-electron chi connectivity index (χ2n) is 8.51. The maximum atomic E-state index is 13.6. The molecule has 0 radical (unpaired) electrons. The highest BCUT2D eigenvalue weighted by Gasteiger charge is 2.10. The summed E-state index contributed by atoms with van der Waals surface area (Å²) < 4.78 is 58.4. The summed E-state index contributed by atoms with van der Waals surface area (Å²) in [4.78, 5) is 10.1. The van der Waals surface area contributed by atoms with Gasteiger partial charge >= 0.3 is 0 Å². The van der Waals surface area contributed by atoms with Crippen LogP contribution in [0.4, 0.5) is 17.6 Å². The minimum atomic E-state index is -0.671. The van der Waals surface area contributed by atoms with E-state index in [0.29, 0.717) is 0 Å². The van der Waals surface area contributed by atoms with Gasteiger partial charge in [-0.2, -0.15) is 0 Å². The van der Waals surface area contributed by atoms with Crippen LogP contribution in [0.1, 0.15) is 28.7 Å². The summed E-state index contributed by atoms with van der Waals surface area (Å²) in [7, 11) is 0. The van der Waals surface area contributed by atoms with E-state index in [1.165, 1.54) is 48.8 Å². The monoisotopic (exact) mass is 538 g/mol. The predicted octanol–water partition coefficient (Wildman–Crippen LogP) is 5.01. The minimum Gasteiger partial charge on any atom is -0.391 e. The Bertz CT molecular complexity index is 1280. The molecule has 0 aliphatic rings. The number of hydrogen-bond acceptors (Lipinski definition) is 4. The van der Waals surface area contributed by atoms with E-state index in [1.807, 2.05) is 58.2 Å². The number of pyridine rings is 2. The first-order valence-electron chi connectivity index (χ1n) is 12.1. The summed E-state index contributed by atoms with van der Waals surface area (Å²) in [5.41, 5.74) is 1.25. The second kappa shape index (κ2) is 13.8. The summed E-state index contributed by atoms with van der Waals surface area (Å²) in [6, 6.07) is 14.7. The first-order chi connectivity index (χ1) is 19.0. The van der Waals surface area contributed by atoms with Crippen LogP contribution in [-0.4, -0.2) is 12.4 Å². The number of benzene rings is 2. The Balaban J connectivity index is 1.17. The molecule has 200 valence electrons. The molecule has 0 fully saturated rings. The topological polar surface area (TPSA) is 50.9 Å². The quantitative estimate of drug-likeness (QED) is 0.110. The lowest BCUT2D eigenvalue weighted by molar-refractivity contribution is -0.726. The Hall–Kier alpha value is -4.60. The Morgan fingerprint density at radius 1 is 0.564 bits per heavy atom. The molecule has 0 atom stereocenters. The maximum absolute atomic E-state index is 13.6. The molecule has 0 N–H and O–H groups in total. The molecule has 0 amide bonds. The molecule has 0 saturated heterocycles. The largest absolute Gasteiger partial charge is 0.391 e. The summed E-state index contributed by atoms with van der Waals surface area (Å²) in [6.07, 6.45) is 11.5. The fourth-order valence-corrected chi connectivity index (χ4v) is 3.58. The van der Waals surface area contributed by atoms with Crippen molar-refractivity contribution in [1.29, 1.82) is 0 Å². The third-order valence-corrected chi connectivity index (χ3v) is 5.76.